The molecule has 0 aliphatic heterocycles. The number of nitrogens with zero attached hydrogens (tertiary/aromatic N) is 1. The summed E-state index contributed by atoms with van der Waals surface area (Å²) in [5, 5.41) is 9.92. The van der Waals surface area contributed by atoms with Crippen molar-refractivity contribution < 1.29 is 14.3 Å². The molecular weight excluding hydrogens is 422 g/mol. The molecule has 0 unspecified atom stereocenters. The number of nitrogens with one attached hydrogen (secondary N) is 2. The van der Waals surface area contributed by atoms with E-state index in [9.17, 15) is 9.59 Å². The Kier molecular flexibility index (Phi) is 6.77. The molecule has 7 heteroatoms. The van der Waals surface area contributed by atoms with Crippen molar-refractivity contribution in [3.05, 3.63) is 77.7 Å². The van der Waals surface area contributed by atoms with Gasteiger partial charge in [-0.15, -0.1) is 11.3 Å². The Morgan fingerprint density at radius 2 is 1.75 bits per heavy atom. The molecule has 0 spiro atoms. The molecule has 0 bridgehead atoms. The summed E-state index contributed by atoms with van der Waals surface area (Å²) >= 11 is 1.34. The minimum absolute atomic E-state index is 0.110. The smallest absolute Gasteiger partial charge is 0.245 e. The van der Waals surface area contributed by atoms with Crippen LogP contribution in [0.5, 0.6) is 5.75 Å². The van der Waals surface area contributed by atoms with Gasteiger partial charge in [-0.25, -0.2) is 4.98 Å². The van der Waals surface area contributed by atoms with Crippen LogP contribution in [-0.2, 0) is 16.0 Å². The van der Waals surface area contributed by atoms with E-state index in [4.69, 9.17) is 4.74 Å². The van der Waals surface area contributed by atoms with Gasteiger partial charge in [0.15, 0.2) is 5.13 Å². The zero-order chi connectivity index (χ0) is 22.3. The van der Waals surface area contributed by atoms with E-state index >= 15 is 0 Å². The minimum atomic E-state index is -0.316. The first kappa shape index (κ1) is 21.5. The molecule has 2 amide bonds. The van der Waals surface area contributed by atoms with Crippen LogP contribution < -0.4 is 15.4 Å². The number of benzene rings is 3. The largest absolute Gasteiger partial charge is 0.494 e. The van der Waals surface area contributed by atoms with Crippen LogP contribution in [0, 0.1) is 0 Å². The first-order valence-corrected chi connectivity index (χ1v) is 11.2. The van der Waals surface area contributed by atoms with Crippen LogP contribution in [0.1, 0.15) is 12.5 Å². The highest BCUT2D eigenvalue weighted by Crippen LogP contribution is 2.26. The van der Waals surface area contributed by atoms with Gasteiger partial charge in [0, 0.05) is 10.9 Å². The second-order valence-corrected chi connectivity index (χ2v) is 7.99. The lowest BCUT2D eigenvalue weighted by Gasteiger charge is -2.08. The number of carbonyl (C=O) groups is 2. The summed E-state index contributed by atoms with van der Waals surface area (Å²) in [6.07, 6.45) is 0.216. The van der Waals surface area contributed by atoms with Crippen LogP contribution in [0.3, 0.4) is 0 Å². The Labute approximate surface area is 190 Å². The molecule has 162 valence electrons. The van der Waals surface area contributed by atoms with Crippen LogP contribution in [-0.4, -0.2) is 29.9 Å². The SMILES string of the molecule is CCOc1ccc(-c2csc(NC(=O)CNC(=O)Cc3cccc4ccccc34)n2)cc1. The number of hydrogen-bond acceptors (Lipinski definition) is 5. The van der Waals surface area contributed by atoms with Gasteiger partial charge in [-0.3, -0.25) is 9.59 Å². The molecule has 1 aromatic heterocycles. The fourth-order valence-corrected chi connectivity index (χ4v) is 4.11. The predicted molar refractivity (Wildman–Crippen MR) is 128 cm³/mol. The standard InChI is InChI=1S/C25H23N3O3S/c1-2-31-20-12-10-18(11-13-20)22-16-32-25(27-22)28-24(30)15-26-23(29)14-19-8-5-7-17-6-3-4-9-21(17)19/h3-13,16H,2,14-15H2,1H3,(H,26,29)(H,27,28,30). The lowest BCUT2D eigenvalue weighted by atomic mass is 10.0. The van der Waals surface area contributed by atoms with E-state index in [2.05, 4.69) is 15.6 Å². The van der Waals surface area contributed by atoms with Crippen molar-refractivity contribution in [2.45, 2.75) is 13.3 Å². The third kappa shape index (κ3) is 5.31. The number of fused-ring (bicyclic) bond motifs is 1. The monoisotopic (exact) mass is 445 g/mol. The number of thiazole rings is 1. The van der Waals surface area contributed by atoms with Gasteiger partial charge in [-0.2, -0.15) is 0 Å². The van der Waals surface area contributed by atoms with Gasteiger partial charge in [0.25, 0.3) is 0 Å². The van der Waals surface area contributed by atoms with Gasteiger partial charge >= 0.3 is 0 Å². The summed E-state index contributed by atoms with van der Waals surface area (Å²) in [6.45, 7) is 2.45. The molecular formula is C25H23N3O3S. The van der Waals surface area contributed by atoms with Gasteiger partial charge in [-0.05, 0) is 47.5 Å². The van der Waals surface area contributed by atoms with Crippen LogP contribution in [0.25, 0.3) is 22.0 Å². The van der Waals surface area contributed by atoms with Crippen molar-refractivity contribution in [2.75, 3.05) is 18.5 Å². The highest BCUT2D eigenvalue weighted by atomic mass is 32.1. The van der Waals surface area contributed by atoms with Crippen molar-refractivity contribution in [2.24, 2.45) is 0 Å². The topological polar surface area (TPSA) is 80.3 Å². The molecule has 32 heavy (non-hydrogen) atoms. The number of ether oxygens (including phenoxy) is 1. The third-order valence-corrected chi connectivity index (χ3v) is 5.65. The highest BCUT2D eigenvalue weighted by molar-refractivity contribution is 7.14. The Bertz CT molecular complexity index is 1230. The van der Waals surface area contributed by atoms with Crippen molar-refractivity contribution >= 4 is 39.1 Å². The molecule has 6 nitrogen and oxygen atoms in total. The lowest BCUT2D eigenvalue weighted by molar-refractivity contribution is -0.123. The molecule has 4 aromatic rings. The Morgan fingerprint density at radius 3 is 2.56 bits per heavy atom. The van der Waals surface area contributed by atoms with Crippen LogP contribution >= 0.6 is 11.3 Å². The fourth-order valence-electron chi connectivity index (χ4n) is 3.38. The molecule has 0 aliphatic carbocycles. The number of hydrogen-bond donors (Lipinski definition) is 2. The Morgan fingerprint density at radius 1 is 0.969 bits per heavy atom. The average Bonchev–Trinajstić information content (AvgIpc) is 3.27. The zero-order valence-electron chi connectivity index (χ0n) is 17.6. The van der Waals surface area contributed by atoms with E-state index in [-0.39, 0.29) is 24.8 Å². The number of aromatic nitrogens is 1. The van der Waals surface area contributed by atoms with Crippen LogP contribution in [0.15, 0.2) is 72.1 Å². The maximum absolute atomic E-state index is 12.4. The molecule has 0 saturated carbocycles. The Balaban J connectivity index is 1.30. The van der Waals surface area contributed by atoms with Gasteiger partial charge in [0.1, 0.15) is 5.75 Å². The second-order valence-electron chi connectivity index (χ2n) is 7.14. The summed E-state index contributed by atoms with van der Waals surface area (Å²) < 4.78 is 5.45. The maximum atomic E-state index is 12.4. The summed E-state index contributed by atoms with van der Waals surface area (Å²) in [5.41, 5.74) is 2.64. The number of anilines is 1. The first-order chi connectivity index (χ1) is 15.6. The number of carbonyl (C=O) groups excluding carboxylic acids is 2. The van der Waals surface area contributed by atoms with Crippen molar-refractivity contribution in [3.8, 4) is 17.0 Å². The fraction of sp³-hybridized carbons (Fsp3) is 0.160. The summed E-state index contributed by atoms with van der Waals surface area (Å²) in [4.78, 5) is 29.1. The predicted octanol–water partition coefficient (Wildman–Crippen LogP) is 4.66. The van der Waals surface area contributed by atoms with Crippen LogP contribution in [0.2, 0.25) is 0 Å². The van der Waals surface area contributed by atoms with Gasteiger partial charge < -0.3 is 15.4 Å². The van der Waals surface area contributed by atoms with E-state index in [1.165, 1.54) is 11.3 Å². The van der Waals surface area contributed by atoms with E-state index in [0.29, 0.717) is 11.7 Å². The molecule has 2 N–H and O–H groups in total. The van der Waals surface area contributed by atoms with Gasteiger partial charge in [-0.1, -0.05) is 42.5 Å². The van der Waals surface area contributed by atoms with Gasteiger partial charge in [0.2, 0.25) is 11.8 Å². The van der Waals surface area contributed by atoms with Crippen molar-refractivity contribution in [3.63, 3.8) is 0 Å². The van der Waals surface area contributed by atoms with Gasteiger partial charge in [0.05, 0.1) is 25.3 Å². The summed E-state index contributed by atoms with van der Waals surface area (Å²) in [5.74, 6) is 0.286. The van der Waals surface area contributed by atoms with E-state index in [1.807, 2.05) is 79.0 Å². The summed E-state index contributed by atoms with van der Waals surface area (Å²) in [7, 11) is 0. The molecule has 0 saturated heterocycles. The molecule has 1 heterocycles. The molecule has 0 aliphatic rings. The molecule has 0 fully saturated rings. The normalized spacial score (nSPS) is 10.7. The number of rotatable bonds is 8. The molecule has 0 atom stereocenters. The number of amides is 2. The minimum Gasteiger partial charge on any atom is -0.494 e. The van der Waals surface area contributed by atoms with Crippen molar-refractivity contribution in [1.29, 1.82) is 0 Å². The molecule has 3 aromatic carbocycles. The summed E-state index contributed by atoms with van der Waals surface area (Å²) in [6, 6.07) is 21.4. The average molecular weight is 446 g/mol. The van der Waals surface area contributed by atoms with E-state index < -0.39 is 0 Å². The zero-order valence-corrected chi connectivity index (χ0v) is 18.4. The lowest BCUT2D eigenvalue weighted by Crippen LogP contribution is -2.33. The maximum Gasteiger partial charge on any atom is 0.245 e. The van der Waals surface area contributed by atoms with E-state index in [1.54, 1.807) is 0 Å². The second kappa shape index (κ2) is 10.1. The van der Waals surface area contributed by atoms with Crippen LogP contribution in [0.4, 0.5) is 5.13 Å². The third-order valence-electron chi connectivity index (χ3n) is 4.89. The molecule has 0 radical (unpaired) electrons. The Hall–Kier alpha value is -3.71. The quantitative estimate of drug-likeness (QED) is 0.413. The van der Waals surface area contributed by atoms with Crippen molar-refractivity contribution in [1.82, 2.24) is 10.3 Å². The first-order valence-electron chi connectivity index (χ1n) is 10.3. The highest BCUT2D eigenvalue weighted by Gasteiger charge is 2.11. The molecule has 4 rings (SSSR count). The van der Waals surface area contributed by atoms with E-state index in [0.717, 1.165) is 33.3 Å².